The number of rotatable bonds is 18. The fourth-order valence-electron chi connectivity index (χ4n) is 15.8. The number of hydrogen-bond acceptors (Lipinski definition) is 25. The summed E-state index contributed by atoms with van der Waals surface area (Å²) in [6.07, 6.45) is 14.2. The molecular formula is C89H77ClN22O7S4. The van der Waals surface area contributed by atoms with Gasteiger partial charge in [-0.3, -0.25) is 25.5 Å². The quantitative estimate of drug-likeness (QED) is 0.0217. The Kier molecular flexibility index (Phi) is 25.1. The second-order valence-electron chi connectivity index (χ2n) is 28.0. The zero-order valence-electron chi connectivity index (χ0n) is 66.8. The van der Waals surface area contributed by atoms with E-state index in [0.717, 1.165) is 153 Å². The van der Waals surface area contributed by atoms with Crippen LogP contribution in [0.15, 0.2) is 247 Å². The van der Waals surface area contributed by atoms with E-state index in [4.69, 9.17) is 54.8 Å². The first kappa shape index (κ1) is 82.3. The Bertz CT molecular complexity index is 6500. The molecule has 10 N–H and O–H groups in total. The van der Waals surface area contributed by atoms with E-state index in [9.17, 15) is 9.59 Å². The smallest absolute Gasteiger partial charge is 0.336 e. The molecule has 5 aliphatic rings. The van der Waals surface area contributed by atoms with E-state index in [1.165, 1.54) is 4.90 Å². The van der Waals surface area contributed by atoms with Crippen molar-refractivity contribution >= 4 is 138 Å². The number of esters is 2. The van der Waals surface area contributed by atoms with Gasteiger partial charge in [-0.25, -0.2) is 33.4 Å². The van der Waals surface area contributed by atoms with Gasteiger partial charge in [0, 0.05) is 63.8 Å². The van der Waals surface area contributed by atoms with Crippen LogP contribution in [0, 0.1) is 19.7 Å². The Morgan fingerprint density at radius 3 is 1.25 bits per heavy atom. The van der Waals surface area contributed by atoms with E-state index in [1.807, 2.05) is 163 Å². The molecule has 15 aromatic rings. The minimum Gasteiger partial charge on any atom is -0.496 e. The summed E-state index contributed by atoms with van der Waals surface area (Å²) in [6.45, 7) is 31.7. The van der Waals surface area contributed by atoms with Crippen LogP contribution in [0.1, 0.15) is 153 Å². The van der Waals surface area contributed by atoms with Gasteiger partial charge in [-0.1, -0.05) is 129 Å². The van der Waals surface area contributed by atoms with Gasteiger partial charge in [-0.15, -0.1) is 45.8 Å². The molecule has 0 radical (unpaired) electrons. The first-order chi connectivity index (χ1) is 60.4. The topological polar surface area (TPSA) is 356 Å². The van der Waals surface area contributed by atoms with Crippen LogP contribution in [0.4, 0.5) is 29.1 Å². The van der Waals surface area contributed by atoms with Crippen molar-refractivity contribution < 1.29 is 33.1 Å². The van der Waals surface area contributed by atoms with Crippen LogP contribution in [0.5, 0.6) is 5.75 Å². The van der Waals surface area contributed by atoms with Gasteiger partial charge in [0.1, 0.15) is 56.9 Å². The number of aromatic amines is 5. The van der Waals surface area contributed by atoms with E-state index in [2.05, 4.69) is 138 Å². The third-order valence-electron chi connectivity index (χ3n) is 21.2. The highest BCUT2D eigenvalue weighted by Crippen LogP contribution is 2.52. The maximum atomic E-state index is 13.0. The molecule has 0 bridgehead atoms. The van der Waals surface area contributed by atoms with Crippen LogP contribution in [0.25, 0.3) is 53.7 Å². The molecule has 0 saturated heterocycles. The van der Waals surface area contributed by atoms with Gasteiger partial charge < -0.3 is 40.8 Å². The number of thiophene rings is 3. The first-order valence-corrected chi connectivity index (χ1v) is 43.4. The number of H-pyrrole nitrogens is 5. The van der Waals surface area contributed by atoms with Gasteiger partial charge in [0.25, 0.3) is 0 Å². The predicted octanol–water partition coefficient (Wildman–Crippen LogP) is 20.6. The van der Waals surface area contributed by atoms with E-state index in [0.29, 0.717) is 75.0 Å². The highest BCUT2D eigenvalue weighted by Gasteiger charge is 2.41. The molecule has 0 amide bonds. The number of carbonyl (C=O) groups excluding carboxylic acids is 2. The summed E-state index contributed by atoms with van der Waals surface area (Å²) < 4.78 is 26.1. The second-order valence-corrected chi connectivity index (χ2v) is 32.1. The number of methoxy groups -OCH3 is 1. The Hall–Kier alpha value is -14.4. The van der Waals surface area contributed by atoms with E-state index in [1.54, 1.807) is 91.5 Å². The largest absolute Gasteiger partial charge is 0.496 e. The Balaban J connectivity index is 0.000000114. The number of aromatic nitrogens is 14. The lowest BCUT2D eigenvalue weighted by molar-refractivity contribution is -0.139. The summed E-state index contributed by atoms with van der Waals surface area (Å²) in [5.41, 5.74) is 19.2. The number of halogens is 1. The molecule has 5 aliphatic heterocycles. The van der Waals surface area contributed by atoms with Gasteiger partial charge in [-0.2, -0.15) is 25.5 Å². The normalized spacial score (nSPS) is 16.4. The third kappa shape index (κ3) is 16.3. The number of para-hydroxylation sites is 1. The fraction of sp³-hybridized carbons (Fsp3) is 0.191. The van der Waals surface area contributed by atoms with Crippen molar-refractivity contribution in [2.24, 2.45) is 0 Å². The summed E-state index contributed by atoms with van der Waals surface area (Å²) in [5, 5.41) is 75.0. The molecule has 0 spiro atoms. The maximum absolute atomic E-state index is 13.0. The van der Waals surface area contributed by atoms with Crippen LogP contribution >= 0.6 is 57.4 Å². The van der Waals surface area contributed by atoms with E-state index >= 15 is 0 Å². The summed E-state index contributed by atoms with van der Waals surface area (Å²) >= 11 is 12.9. The molecule has 20 rings (SSSR count). The zero-order chi connectivity index (χ0) is 85.0. The van der Waals surface area contributed by atoms with Gasteiger partial charge in [0.05, 0.1) is 129 Å². The number of nitrogens with zero attached hydrogens (tertiary/aromatic N) is 12. The molecule has 5 unspecified atom stereocenters. The van der Waals surface area contributed by atoms with Gasteiger partial charge in [0.15, 0.2) is 0 Å². The van der Waals surface area contributed by atoms with Crippen molar-refractivity contribution in [2.75, 3.05) is 53.2 Å². The lowest BCUT2D eigenvalue weighted by Crippen LogP contribution is -2.25. The lowest BCUT2D eigenvalue weighted by atomic mass is 9.81. The lowest BCUT2D eigenvalue weighted by Gasteiger charge is -2.28. The van der Waals surface area contributed by atoms with Crippen molar-refractivity contribution in [3.8, 4) is 5.75 Å². The SMILES string of the molecule is CCCCC1=C(C(=O)OCC)C(c2cccc3nonc23)c2cn[nH]c2N1.CCOC(=O)C1=C(CC)Nc2[nH]ncc2C1c1cccc2nonc12.[C-]#[N+]C1=C(c2cccs2)Nc2[nH]ncc2C1c1ccccc1Cl.[C-]#[N+]C1=C(c2cccs2)Nc2[nH]ncc2C1c1ccccc1OC.[C-]#[N+]C1=C(c2cccs2)Nc2[nH]ncc2C1c1ccccc1SC. The molecule has 123 heavy (non-hydrogen) atoms. The van der Waals surface area contributed by atoms with Crippen molar-refractivity contribution in [1.82, 2.24) is 71.6 Å². The van der Waals surface area contributed by atoms with Crippen LogP contribution in [-0.4, -0.2) is 110 Å². The molecule has 616 valence electrons. The number of anilines is 5. The van der Waals surface area contributed by atoms with Crippen LogP contribution < -0.4 is 31.3 Å². The van der Waals surface area contributed by atoms with Gasteiger partial charge in [-0.05, 0) is 152 Å². The van der Waals surface area contributed by atoms with Gasteiger partial charge in [0.2, 0.25) is 17.1 Å². The van der Waals surface area contributed by atoms with Crippen molar-refractivity contribution in [1.29, 1.82) is 0 Å². The average Bonchev–Trinajstić information content (AvgIpc) is 1.72. The Morgan fingerprint density at radius 2 is 0.837 bits per heavy atom. The highest BCUT2D eigenvalue weighted by molar-refractivity contribution is 7.98. The standard InChI is InChI=1S/C19H21N5O3.C18H14N4OS.C18H14N4S2.C17H11ClN4S.C17H17N5O3/c1-3-5-8-13-16(19(25)26-4-2)15(12-10-20-22-18(12)21-13)11-7-6-9-14-17(11)24-27-23-14;2*1-19-17-15(11-6-3-4-7-13(11)23-2)12-10-20-22-18(12)21-16(17)14-8-5-9-24-14;1-19-16-14(10-5-2-3-6-12(10)18)11-9-20-22-17(11)21-15(16)13-7-4-8-23-13;1-3-11-14(17(23)24-4-2)13(10-8-18-20-16(10)19-11)9-6-5-7-12-15(9)22-25-21-12/h6-7,9-10,15H,3-5,8H2,1-2H3,(H2,20,21,22);2*3-10,15H,2H3,(H2,20,21,22);2-9,14H,(H2,20,21,22);5-8,13H,3-4H2,1-2H3,(H2,18,19,20). The van der Waals surface area contributed by atoms with Crippen molar-refractivity contribution in [3.63, 3.8) is 0 Å². The van der Waals surface area contributed by atoms with Gasteiger partial charge >= 0.3 is 11.9 Å². The van der Waals surface area contributed by atoms with Crippen LogP contribution in [-0.2, 0) is 19.1 Å². The average molecular weight is 1730 g/mol. The predicted molar refractivity (Wildman–Crippen MR) is 477 cm³/mol. The van der Waals surface area contributed by atoms with Crippen molar-refractivity contribution in [3.05, 3.63) is 342 Å². The second kappa shape index (κ2) is 37.5. The summed E-state index contributed by atoms with van der Waals surface area (Å²) in [4.78, 5) is 41.6. The molecule has 29 nitrogen and oxygen atoms in total. The molecule has 0 aliphatic carbocycles. The summed E-state index contributed by atoms with van der Waals surface area (Å²) in [7, 11) is 1.65. The number of benzene rings is 5. The number of ether oxygens (including phenoxy) is 3. The zero-order valence-corrected chi connectivity index (χ0v) is 70.9. The van der Waals surface area contributed by atoms with Crippen LogP contribution in [0.2, 0.25) is 5.02 Å². The van der Waals surface area contributed by atoms with E-state index < -0.39 is 0 Å². The number of thioether (sulfide) groups is 1. The summed E-state index contributed by atoms with van der Waals surface area (Å²) in [5.74, 6) is 2.86. The molecule has 0 saturated carbocycles. The number of carbonyl (C=O) groups is 2. The molecule has 5 aromatic carbocycles. The molecular weight excluding hydrogens is 1650 g/mol. The molecule has 0 fully saturated rings. The Labute approximate surface area is 726 Å². The number of unbranched alkanes of at least 4 members (excludes halogenated alkanes) is 1. The monoisotopic (exact) mass is 1730 g/mol. The molecule has 5 atom stereocenters. The number of hydrogen-bond donors (Lipinski definition) is 10. The van der Waals surface area contributed by atoms with Crippen LogP contribution in [0.3, 0.4) is 0 Å². The highest BCUT2D eigenvalue weighted by atomic mass is 35.5. The first-order valence-electron chi connectivity index (χ1n) is 39.1. The number of fused-ring (bicyclic) bond motifs is 7. The summed E-state index contributed by atoms with van der Waals surface area (Å²) in [6, 6.07) is 47.0. The maximum Gasteiger partial charge on any atom is 0.336 e. The molecule has 10 aromatic heterocycles. The Morgan fingerprint density at radius 1 is 0.447 bits per heavy atom. The van der Waals surface area contributed by atoms with Crippen molar-refractivity contribution in [2.45, 2.75) is 87.9 Å². The number of nitrogens with one attached hydrogen (secondary N) is 10. The molecule has 15 heterocycles. The van der Waals surface area contributed by atoms with E-state index in [-0.39, 0.29) is 41.5 Å². The molecule has 34 heteroatoms. The minimum atomic E-state index is -0.361. The third-order valence-corrected chi connectivity index (χ3v) is 25.0. The fourth-order valence-corrected chi connectivity index (χ4v) is 18.8. The number of allylic oxidation sites excluding steroid dienone is 5. The minimum absolute atomic E-state index is 0.113.